The van der Waals surface area contributed by atoms with Crippen LogP contribution in [-0.4, -0.2) is 64.0 Å². The minimum absolute atomic E-state index is 0.00246. The maximum absolute atomic E-state index is 12.2. The summed E-state index contributed by atoms with van der Waals surface area (Å²) in [7, 11) is 1.68. The predicted molar refractivity (Wildman–Crippen MR) is 73.9 cm³/mol. The largest absolute Gasteiger partial charge is 0.478 e. The summed E-state index contributed by atoms with van der Waals surface area (Å²) < 4.78 is 6.72. The summed E-state index contributed by atoms with van der Waals surface area (Å²) in [5, 5.41) is 16.1. The van der Waals surface area contributed by atoms with Crippen LogP contribution in [0.25, 0.3) is 0 Å². The molecule has 1 fully saturated rings. The maximum Gasteiger partial charge on any atom is 0.339 e. The molecule has 0 aromatic carbocycles. The van der Waals surface area contributed by atoms with Crippen molar-refractivity contribution in [1.82, 2.24) is 20.0 Å². The zero-order valence-corrected chi connectivity index (χ0v) is 12.2. The number of carboxylic acid groups (broad SMARTS) is 1. The molecule has 1 atom stereocenters. The van der Waals surface area contributed by atoms with E-state index in [9.17, 15) is 9.59 Å². The lowest BCUT2D eigenvalue weighted by molar-refractivity contribution is -0.137. The summed E-state index contributed by atoms with van der Waals surface area (Å²) in [6.45, 7) is 4.35. The minimum atomic E-state index is -1.02. The van der Waals surface area contributed by atoms with Gasteiger partial charge in [0.25, 0.3) is 0 Å². The van der Waals surface area contributed by atoms with E-state index in [0.717, 1.165) is 0 Å². The van der Waals surface area contributed by atoms with Gasteiger partial charge in [-0.1, -0.05) is 0 Å². The molecule has 0 radical (unpaired) electrons. The van der Waals surface area contributed by atoms with Gasteiger partial charge < -0.3 is 20.1 Å². The van der Waals surface area contributed by atoms with Crippen LogP contribution in [0.15, 0.2) is 6.20 Å². The fourth-order valence-electron chi connectivity index (χ4n) is 2.25. The third-order valence-corrected chi connectivity index (χ3v) is 3.56. The van der Waals surface area contributed by atoms with Crippen molar-refractivity contribution in [1.29, 1.82) is 0 Å². The van der Waals surface area contributed by atoms with Crippen molar-refractivity contribution in [3.05, 3.63) is 17.5 Å². The monoisotopic (exact) mass is 296 g/mol. The van der Waals surface area contributed by atoms with Crippen molar-refractivity contribution in [3.63, 3.8) is 0 Å². The number of carbonyl (C=O) groups is 2. The third-order valence-electron chi connectivity index (χ3n) is 3.56. The second-order valence-electron chi connectivity index (χ2n) is 4.97. The molecule has 1 aliphatic rings. The number of carboxylic acids is 1. The van der Waals surface area contributed by atoms with Gasteiger partial charge in [0, 0.05) is 26.7 Å². The molecule has 2 N–H and O–H groups in total. The zero-order valence-electron chi connectivity index (χ0n) is 12.2. The molecular formula is C13H20N4O4. The lowest BCUT2D eigenvalue weighted by Gasteiger charge is -2.29. The molecule has 1 saturated heterocycles. The Labute approximate surface area is 122 Å². The second-order valence-corrected chi connectivity index (χ2v) is 4.97. The number of hydrogen-bond donors (Lipinski definition) is 2. The van der Waals surface area contributed by atoms with Crippen LogP contribution < -0.4 is 5.32 Å². The number of rotatable bonds is 5. The summed E-state index contributed by atoms with van der Waals surface area (Å²) >= 11 is 0. The Kier molecular flexibility index (Phi) is 4.92. The standard InChI is InChI=1S/C13H20N4O4/c1-9(12(18)17-3-5-21-6-4-17)14-8-11-10(13(19)20)7-15-16(11)2/h7,9,14H,3-6,8H2,1-2H3,(H,19,20). The number of nitrogens with zero attached hydrogens (tertiary/aromatic N) is 3. The number of aromatic nitrogens is 2. The number of morpholine rings is 1. The molecule has 0 aliphatic carbocycles. The van der Waals surface area contributed by atoms with Crippen molar-refractivity contribution in [2.24, 2.45) is 7.05 Å². The molecular weight excluding hydrogens is 276 g/mol. The Hall–Kier alpha value is -1.93. The van der Waals surface area contributed by atoms with Crippen LogP contribution in [0.1, 0.15) is 23.0 Å². The van der Waals surface area contributed by atoms with Crippen LogP contribution in [0.4, 0.5) is 0 Å². The first-order valence-corrected chi connectivity index (χ1v) is 6.84. The van der Waals surface area contributed by atoms with E-state index in [1.807, 2.05) is 0 Å². The quantitative estimate of drug-likeness (QED) is 0.757. The number of ether oxygens (including phenoxy) is 1. The number of amides is 1. The molecule has 1 unspecified atom stereocenters. The second kappa shape index (κ2) is 6.68. The van der Waals surface area contributed by atoms with Gasteiger partial charge in [-0.3, -0.25) is 9.48 Å². The summed E-state index contributed by atoms with van der Waals surface area (Å²) in [4.78, 5) is 25.1. The number of hydrogen-bond acceptors (Lipinski definition) is 5. The zero-order chi connectivity index (χ0) is 15.4. The van der Waals surface area contributed by atoms with Crippen LogP contribution in [0.2, 0.25) is 0 Å². The molecule has 1 aromatic rings. The fraction of sp³-hybridized carbons (Fsp3) is 0.615. The average molecular weight is 296 g/mol. The van der Waals surface area contributed by atoms with Crippen molar-refractivity contribution < 1.29 is 19.4 Å². The van der Waals surface area contributed by atoms with E-state index >= 15 is 0 Å². The Morgan fingerprint density at radius 1 is 1.48 bits per heavy atom. The molecule has 2 heterocycles. The van der Waals surface area contributed by atoms with Gasteiger partial charge in [0.05, 0.1) is 31.1 Å². The van der Waals surface area contributed by atoms with E-state index in [-0.39, 0.29) is 24.1 Å². The van der Waals surface area contributed by atoms with Crippen LogP contribution in [0, 0.1) is 0 Å². The molecule has 1 aliphatic heterocycles. The van der Waals surface area contributed by atoms with Gasteiger partial charge in [0.2, 0.25) is 5.91 Å². The average Bonchev–Trinajstić information content (AvgIpc) is 2.86. The first-order chi connectivity index (χ1) is 10.0. The third kappa shape index (κ3) is 3.59. The lowest BCUT2D eigenvalue weighted by atomic mass is 10.2. The van der Waals surface area contributed by atoms with Gasteiger partial charge in [-0.2, -0.15) is 5.10 Å². The van der Waals surface area contributed by atoms with Crippen LogP contribution in [0.3, 0.4) is 0 Å². The molecule has 1 aromatic heterocycles. The molecule has 0 spiro atoms. The number of aromatic carboxylic acids is 1. The Balaban J connectivity index is 1.94. The van der Waals surface area contributed by atoms with Crippen molar-refractivity contribution in [2.75, 3.05) is 26.3 Å². The molecule has 0 saturated carbocycles. The van der Waals surface area contributed by atoms with Gasteiger partial charge in [0.1, 0.15) is 5.56 Å². The smallest absolute Gasteiger partial charge is 0.339 e. The molecule has 0 bridgehead atoms. The molecule has 116 valence electrons. The highest BCUT2D eigenvalue weighted by atomic mass is 16.5. The van der Waals surface area contributed by atoms with Gasteiger partial charge >= 0.3 is 5.97 Å². The molecule has 8 nitrogen and oxygen atoms in total. The van der Waals surface area contributed by atoms with Crippen LogP contribution in [0.5, 0.6) is 0 Å². The van der Waals surface area contributed by atoms with Gasteiger partial charge in [0.15, 0.2) is 0 Å². The minimum Gasteiger partial charge on any atom is -0.478 e. The summed E-state index contributed by atoms with van der Waals surface area (Å²) in [6, 6.07) is -0.389. The molecule has 21 heavy (non-hydrogen) atoms. The van der Waals surface area contributed by atoms with Gasteiger partial charge in [-0.15, -0.1) is 0 Å². The summed E-state index contributed by atoms with van der Waals surface area (Å²) in [6.07, 6.45) is 1.31. The lowest BCUT2D eigenvalue weighted by Crippen LogP contribution is -2.49. The van der Waals surface area contributed by atoms with E-state index in [4.69, 9.17) is 9.84 Å². The number of nitrogens with one attached hydrogen (secondary N) is 1. The van der Waals surface area contributed by atoms with E-state index in [1.54, 1.807) is 18.9 Å². The normalized spacial score (nSPS) is 16.8. The number of carbonyl (C=O) groups excluding carboxylic acids is 1. The van der Waals surface area contributed by atoms with Gasteiger partial charge in [-0.25, -0.2) is 4.79 Å². The first-order valence-electron chi connectivity index (χ1n) is 6.84. The van der Waals surface area contributed by atoms with E-state index in [0.29, 0.717) is 32.0 Å². The highest BCUT2D eigenvalue weighted by Gasteiger charge is 2.23. The van der Waals surface area contributed by atoms with Gasteiger partial charge in [-0.05, 0) is 6.92 Å². The molecule has 8 heteroatoms. The number of aryl methyl sites for hydroxylation is 1. The predicted octanol–water partition coefficient (Wildman–Crippen LogP) is -0.545. The summed E-state index contributed by atoms with van der Waals surface area (Å²) in [5.41, 5.74) is 0.695. The van der Waals surface area contributed by atoms with Crippen LogP contribution >= 0.6 is 0 Å². The topological polar surface area (TPSA) is 96.7 Å². The van der Waals surface area contributed by atoms with E-state index in [1.165, 1.54) is 10.9 Å². The van der Waals surface area contributed by atoms with Crippen molar-refractivity contribution in [2.45, 2.75) is 19.5 Å². The van der Waals surface area contributed by atoms with Crippen molar-refractivity contribution in [3.8, 4) is 0 Å². The summed E-state index contributed by atoms with van der Waals surface area (Å²) in [5.74, 6) is -1.02. The molecule has 2 rings (SSSR count). The van der Waals surface area contributed by atoms with E-state index < -0.39 is 5.97 Å². The fourth-order valence-corrected chi connectivity index (χ4v) is 2.25. The highest BCUT2D eigenvalue weighted by molar-refractivity contribution is 5.88. The Morgan fingerprint density at radius 3 is 2.76 bits per heavy atom. The Morgan fingerprint density at radius 2 is 2.14 bits per heavy atom. The SMILES string of the molecule is CC(NCc1c(C(=O)O)cnn1C)C(=O)N1CCOCC1. The Bertz CT molecular complexity index is 522. The first kappa shape index (κ1) is 15.5. The van der Waals surface area contributed by atoms with Crippen molar-refractivity contribution >= 4 is 11.9 Å². The van der Waals surface area contributed by atoms with Crippen LogP contribution in [-0.2, 0) is 23.1 Å². The van der Waals surface area contributed by atoms with E-state index in [2.05, 4.69) is 10.4 Å². The maximum atomic E-state index is 12.2. The molecule has 1 amide bonds. The highest BCUT2D eigenvalue weighted by Crippen LogP contribution is 2.08.